The molecule has 1 unspecified atom stereocenters. The number of rotatable bonds is 19. The third-order valence-corrected chi connectivity index (χ3v) is 7.60. The van der Waals surface area contributed by atoms with Crippen molar-refractivity contribution in [1.82, 2.24) is 5.32 Å². The standard InChI is InChI=1S/C29H57NO2/c1-6-9-10-11-12-13-14-15-16-17-18-19-20-21-22-23-27(31)32-26-24-28(4,5)30-29(7-2,8-3)25-26/h26,30H,6-25H2,1-5H3. The van der Waals surface area contributed by atoms with E-state index in [0.29, 0.717) is 6.42 Å². The van der Waals surface area contributed by atoms with Gasteiger partial charge < -0.3 is 10.1 Å². The third kappa shape index (κ3) is 13.2. The van der Waals surface area contributed by atoms with E-state index in [0.717, 1.165) is 32.1 Å². The number of hydrogen-bond donors (Lipinski definition) is 1. The first kappa shape index (κ1) is 29.5. The zero-order valence-electron chi connectivity index (χ0n) is 22.5. The summed E-state index contributed by atoms with van der Waals surface area (Å²) in [5.41, 5.74) is 0.144. The molecule has 0 radical (unpaired) electrons. The topological polar surface area (TPSA) is 38.3 Å². The normalized spacial score (nSPS) is 19.7. The lowest BCUT2D eigenvalue weighted by Gasteiger charge is -2.49. The van der Waals surface area contributed by atoms with Crippen LogP contribution in [0.4, 0.5) is 0 Å². The Morgan fingerprint density at radius 3 is 1.59 bits per heavy atom. The quantitative estimate of drug-likeness (QED) is 0.157. The van der Waals surface area contributed by atoms with Crippen molar-refractivity contribution in [3.8, 4) is 0 Å². The van der Waals surface area contributed by atoms with Gasteiger partial charge in [-0.25, -0.2) is 0 Å². The molecule has 1 aliphatic rings. The minimum absolute atomic E-state index is 0.0171. The van der Waals surface area contributed by atoms with Crippen LogP contribution < -0.4 is 5.32 Å². The molecule has 1 heterocycles. The summed E-state index contributed by atoms with van der Waals surface area (Å²) in [6, 6.07) is 0. The molecule has 1 rings (SSSR count). The average molecular weight is 452 g/mol. The van der Waals surface area contributed by atoms with Gasteiger partial charge in [0.1, 0.15) is 6.10 Å². The number of carbonyl (C=O) groups is 1. The van der Waals surface area contributed by atoms with Gasteiger partial charge >= 0.3 is 5.97 Å². The van der Waals surface area contributed by atoms with Crippen LogP contribution in [0.5, 0.6) is 0 Å². The van der Waals surface area contributed by atoms with Crippen molar-refractivity contribution in [3.05, 3.63) is 0 Å². The fourth-order valence-corrected chi connectivity index (χ4v) is 5.58. The van der Waals surface area contributed by atoms with E-state index in [1.165, 1.54) is 89.9 Å². The molecule has 0 aromatic heterocycles. The van der Waals surface area contributed by atoms with Crippen LogP contribution in [0.25, 0.3) is 0 Å². The van der Waals surface area contributed by atoms with E-state index >= 15 is 0 Å². The van der Waals surface area contributed by atoms with E-state index in [2.05, 4.69) is 39.9 Å². The molecule has 0 aliphatic carbocycles. The van der Waals surface area contributed by atoms with Gasteiger partial charge in [0.25, 0.3) is 0 Å². The van der Waals surface area contributed by atoms with Gasteiger partial charge in [0.15, 0.2) is 0 Å². The van der Waals surface area contributed by atoms with Crippen LogP contribution in [0.3, 0.4) is 0 Å². The molecule has 3 heteroatoms. The second-order valence-electron chi connectivity index (χ2n) is 11.2. The van der Waals surface area contributed by atoms with Crippen LogP contribution in [0.1, 0.15) is 163 Å². The van der Waals surface area contributed by atoms with Crippen molar-refractivity contribution < 1.29 is 9.53 Å². The molecule has 3 nitrogen and oxygen atoms in total. The Kier molecular flexibility index (Phi) is 15.6. The van der Waals surface area contributed by atoms with E-state index in [1.54, 1.807) is 0 Å². The Balaban J connectivity index is 1.99. The third-order valence-electron chi connectivity index (χ3n) is 7.60. The molecule has 1 N–H and O–H groups in total. The molecule has 32 heavy (non-hydrogen) atoms. The van der Waals surface area contributed by atoms with Gasteiger partial charge in [-0.3, -0.25) is 4.79 Å². The Morgan fingerprint density at radius 1 is 0.719 bits per heavy atom. The van der Waals surface area contributed by atoms with Crippen LogP contribution in [0.15, 0.2) is 0 Å². The van der Waals surface area contributed by atoms with E-state index in [-0.39, 0.29) is 23.2 Å². The monoisotopic (exact) mass is 451 g/mol. The summed E-state index contributed by atoms with van der Waals surface area (Å²) < 4.78 is 5.93. The molecular weight excluding hydrogens is 394 g/mol. The number of unbranched alkanes of at least 4 members (excludes halogenated alkanes) is 14. The van der Waals surface area contributed by atoms with Crippen molar-refractivity contribution in [2.24, 2.45) is 0 Å². The molecule has 0 bridgehead atoms. The molecule has 0 amide bonds. The Hall–Kier alpha value is -0.570. The lowest BCUT2D eigenvalue weighted by atomic mass is 9.76. The second kappa shape index (κ2) is 17.0. The maximum Gasteiger partial charge on any atom is 0.306 e. The lowest BCUT2D eigenvalue weighted by molar-refractivity contribution is -0.153. The highest BCUT2D eigenvalue weighted by molar-refractivity contribution is 5.69. The molecule has 1 fully saturated rings. The minimum Gasteiger partial charge on any atom is -0.462 e. The summed E-state index contributed by atoms with van der Waals surface area (Å²) in [5.74, 6) is 0.0171. The van der Waals surface area contributed by atoms with Gasteiger partial charge in [0.2, 0.25) is 0 Å². The maximum atomic E-state index is 12.4. The Morgan fingerprint density at radius 2 is 1.16 bits per heavy atom. The zero-order chi connectivity index (χ0) is 23.7. The summed E-state index contributed by atoms with van der Waals surface area (Å²) >= 11 is 0. The summed E-state index contributed by atoms with van der Waals surface area (Å²) in [4.78, 5) is 12.4. The molecule has 1 saturated heterocycles. The predicted molar refractivity (Wildman–Crippen MR) is 139 cm³/mol. The van der Waals surface area contributed by atoms with Gasteiger partial charge in [-0.2, -0.15) is 0 Å². The molecule has 0 saturated carbocycles. The highest BCUT2D eigenvalue weighted by Crippen LogP contribution is 2.35. The molecule has 0 spiro atoms. The van der Waals surface area contributed by atoms with Crippen molar-refractivity contribution in [1.29, 1.82) is 0 Å². The average Bonchev–Trinajstić information content (AvgIpc) is 2.75. The first-order valence-electron chi connectivity index (χ1n) is 14.3. The van der Waals surface area contributed by atoms with E-state index in [1.807, 2.05) is 0 Å². The summed E-state index contributed by atoms with van der Waals surface area (Å²) in [7, 11) is 0. The van der Waals surface area contributed by atoms with Gasteiger partial charge in [-0.15, -0.1) is 0 Å². The number of piperidine rings is 1. The number of esters is 1. The smallest absolute Gasteiger partial charge is 0.306 e. The highest BCUT2D eigenvalue weighted by Gasteiger charge is 2.42. The van der Waals surface area contributed by atoms with Crippen molar-refractivity contribution in [3.63, 3.8) is 0 Å². The van der Waals surface area contributed by atoms with Gasteiger partial charge in [0, 0.05) is 30.3 Å². The summed E-state index contributed by atoms with van der Waals surface area (Å²) in [6.07, 6.45) is 24.9. The molecular formula is C29H57NO2. The lowest BCUT2D eigenvalue weighted by Crippen LogP contribution is -2.62. The number of ether oxygens (including phenoxy) is 1. The number of carbonyl (C=O) groups excluding carboxylic acids is 1. The SMILES string of the molecule is CCCCCCCCCCCCCCCCCC(=O)OC1CC(C)(C)NC(CC)(CC)C1. The number of nitrogens with one attached hydrogen (secondary N) is 1. The first-order valence-corrected chi connectivity index (χ1v) is 14.3. The molecule has 1 atom stereocenters. The predicted octanol–water partition coefficient (Wildman–Crippen LogP) is 8.88. The van der Waals surface area contributed by atoms with Crippen molar-refractivity contribution >= 4 is 5.97 Å². The zero-order valence-corrected chi connectivity index (χ0v) is 22.5. The van der Waals surface area contributed by atoms with Crippen molar-refractivity contribution in [2.45, 2.75) is 180 Å². The van der Waals surface area contributed by atoms with Gasteiger partial charge in [-0.1, -0.05) is 111 Å². The van der Waals surface area contributed by atoms with Crippen LogP contribution in [0.2, 0.25) is 0 Å². The van der Waals surface area contributed by atoms with Crippen LogP contribution in [-0.2, 0) is 9.53 Å². The Bertz CT molecular complexity index is 470. The van der Waals surface area contributed by atoms with Gasteiger partial charge in [0.05, 0.1) is 0 Å². The van der Waals surface area contributed by atoms with E-state index < -0.39 is 0 Å². The van der Waals surface area contributed by atoms with Crippen LogP contribution in [0, 0.1) is 0 Å². The fourth-order valence-electron chi connectivity index (χ4n) is 5.58. The molecule has 0 aromatic carbocycles. The largest absolute Gasteiger partial charge is 0.462 e. The highest BCUT2D eigenvalue weighted by atomic mass is 16.5. The fraction of sp³-hybridized carbons (Fsp3) is 0.966. The van der Waals surface area contributed by atoms with E-state index in [4.69, 9.17) is 4.74 Å². The van der Waals surface area contributed by atoms with Gasteiger partial charge in [-0.05, 0) is 33.1 Å². The first-order chi connectivity index (χ1) is 15.4. The second-order valence-corrected chi connectivity index (χ2v) is 11.2. The summed E-state index contributed by atoms with van der Waals surface area (Å²) in [5, 5.41) is 3.82. The Labute approximate surface area is 201 Å². The summed E-state index contributed by atoms with van der Waals surface area (Å²) in [6.45, 7) is 11.2. The van der Waals surface area contributed by atoms with Crippen LogP contribution in [-0.4, -0.2) is 23.2 Å². The van der Waals surface area contributed by atoms with Crippen molar-refractivity contribution in [2.75, 3.05) is 0 Å². The van der Waals surface area contributed by atoms with E-state index in [9.17, 15) is 4.79 Å². The minimum atomic E-state index is 0.0171. The molecule has 190 valence electrons. The molecule has 1 aliphatic heterocycles. The number of hydrogen-bond acceptors (Lipinski definition) is 3. The molecule has 0 aromatic rings. The van der Waals surface area contributed by atoms with Crippen LogP contribution >= 0.6 is 0 Å². The maximum absolute atomic E-state index is 12.4.